The number of carbonyl (C=O) groups excluding carboxylic acids is 1. The number of carboxylic acids is 1. The van der Waals surface area contributed by atoms with E-state index in [9.17, 15) is 23.1 Å². The maximum atomic E-state index is 13.0. The van der Waals surface area contributed by atoms with Crippen LogP contribution in [0.4, 0.5) is 10.5 Å². The first kappa shape index (κ1) is 28.8. The maximum absolute atomic E-state index is 13.0. The van der Waals surface area contributed by atoms with Gasteiger partial charge >= 0.3 is 12.0 Å². The Kier molecular flexibility index (Phi) is 9.15. The summed E-state index contributed by atoms with van der Waals surface area (Å²) in [7, 11) is -4.26. The molecule has 0 saturated carbocycles. The van der Waals surface area contributed by atoms with Crippen molar-refractivity contribution in [2.75, 3.05) is 5.32 Å². The summed E-state index contributed by atoms with van der Waals surface area (Å²) in [5.74, 6) is -1.38. The van der Waals surface area contributed by atoms with Crippen LogP contribution in [0, 0.1) is 6.92 Å². The van der Waals surface area contributed by atoms with Gasteiger partial charge in [-0.1, -0.05) is 72.3 Å². The number of aliphatic carboxylic acids is 1. The van der Waals surface area contributed by atoms with E-state index >= 15 is 0 Å². The highest BCUT2D eigenvalue weighted by atomic mass is 35.5. The molecule has 0 aliphatic carbocycles. The maximum Gasteiger partial charge on any atom is 0.322 e. The Morgan fingerprint density at radius 2 is 1.70 bits per heavy atom. The lowest BCUT2D eigenvalue weighted by molar-refractivity contribution is -0.138. The van der Waals surface area contributed by atoms with Crippen LogP contribution in [-0.2, 0) is 27.8 Å². The fourth-order valence-corrected chi connectivity index (χ4v) is 5.91. The first-order valence-electron chi connectivity index (χ1n) is 12.3. The van der Waals surface area contributed by atoms with Crippen LogP contribution in [0.15, 0.2) is 96.2 Å². The molecule has 9 nitrogen and oxygen atoms in total. The summed E-state index contributed by atoms with van der Waals surface area (Å²) in [6, 6.07) is 20.3. The zero-order valence-electron chi connectivity index (χ0n) is 21.5. The second-order valence-electron chi connectivity index (χ2n) is 8.95. The number of hydrogen-bond acceptors (Lipinski definition) is 5. The molecule has 0 aliphatic heterocycles. The number of urea groups is 1. The molecule has 1 heterocycles. The fraction of sp³-hybridized carbons (Fsp3) is 0.138. The van der Waals surface area contributed by atoms with Crippen molar-refractivity contribution in [1.29, 1.82) is 0 Å². The zero-order valence-corrected chi connectivity index (χ0v) is 23.0. The van der Waals surface area contributed by atoms with Crippen molar-refractivity contribution in [3.8, 4) is 11.1 Å². The van der Waals surface area contributed by atoms with Gasteiger partial charge in [-0.2, -0.15) is 4.72 Å². The van der Waals surface area contributed by atoms with Gasteiger partial charge in [-0.25, -0.2) is 13.2 Å². The Balaban J connectivity index is 1.66. The van der Waals surface area contributed by atoms with E-state index in [0.717, 1.165) is 16.7 Å². The Bertz CT molecular complexity index is 1620. The average molecular weight is 579 g/mol. The molecule has 0 spiro atoms. The highest BCUT2D eigenvalue weighted by Crippen LogP contribution is 2.32. The smallest absolute Gasteiger partial charge is 0.322 e. The lowest BCUT2D eigenvalue weighted by Gasteiger charge is -2.21. The average Bonchev–Trinajstić information content (AvgIpc) is 2.94. The predicted octanol–water partition coefficient (Wildman–Crippen LogP) is 5.01. The number of hydrogen-bond donors (Lipinski definition) is 4. The highest BCUT2D eigenvalue weighted by molar-refractivity contribution is 7.89. The first-order chi connectivity index (χ1) is 19.2. The van der Waals surface area contributed by atoms with Crippen LogP contribution in [-0.4, -0.2) is 36.6 Å². The van der Waals surface area contributed by atoms with E-state index in [1.807, 2.05) is 49.4 Å². The summed E-state index contributed by atoms with van der Waals surface area (Å²) in [5, 5.41) is 15.5. The van der Waals surface area contributed by atoms with Gasteiger partial charge < -0.3 is 15.7 Å². The van der Waals surface area contributed by atoms with Crippen LogP contribution in [0.1, 0.15) is 16.7 Å². The first-order valence-corrected chi connectivity index (χ1v) is 14.1. The second-order valence-corrected chi connectivity index (χ2v) is 11.0. The Labute approximate surface area is 237 Å². The van der Waals surface area contributed by atoms with Gasteiger partial charge in [0.05, 0.1) is 5.02 Å². The molecule has 0 saturated heterocycles. The van der Waals surface area contributed by atoms with Crippen molar-refractivity contribution < 1.29 is 23.1 Å². The van der Waals surface area contributed by atoms with Crippen molar-refractivity contribution >= 4 is 39.3 Å². The number of pyridine rings is 1. The lowest BCUT2D eigenvalue weighted by Crippen LogP contribution is -2.42. The molecule has 3 aromatic carbocycles. The fourth-order valence-electron chi connectivity index (χ4n) is 4.20. The number of carboxylic acid groups (broad SMARTS) is 1. The van der Waals surface area contributed by atoms with E-state index in [4.69, 9.17) is 11.6 Å². The molecule has 4 rings (SSSR count). The Hall–Kier alpha value is -4.25. The molecule has 1 atom stereocenters. The standard InChI is InChI=1S/C29H27ClN4O5S/c1-19-23(21-9-3-2-4-10-21)14-13-22(27(19)33-29(37)32-18-20-8-7-15-31-17-20)16-25(28(35)36)34-40(38,39)26-12-6-5-11-24(26)30/h2-15,17,25,34H,16,18H2,1H3,(H,35,36)(H2,32,33,37). The minimum atomic E-state index is -4.26. The number of carbonyl (C=O) groups is 2. The van der Waals surface area contributed by atoms with Crippen LogP contribution in [0.25, 0.3) is 11.1 Å². The van der Waals surface area contributed by atoms with E-state index in [0.29, 0.717) is 16.8 Å². The molecule has 40 heavy (non-hydrogen) atoms. The number of rotatable bonds is 10. The minimum Gasteiger partial charge on any atom is -0.480 e. The molecule has 4 N–H and O–H groups in total. The van der Waals surface area contributed by atoms with Crippen LogP contribution in [0.5, 0.6) is 0 Å². The van der Waals surface area contributed by atoms with E-state index in [2.05, 4.69) is 20.3 Å². The summed E-state index contributed by atoms with van der Waals surface area (Å²) in [4.78, 5) is 28.9. The SMILES string of the molecule is Cc1c(-c2ccccc2)ccc(CC(NS(=O)(=O)c2ccccc2Cl)C(=O)O)c1NC(=O)NCc1cccnc1. The summed E-state index contributed by atoms with van der Waals surface area (Å²) in [6.07, 6.45) is 3.02. The molecule has 0 fully saturated rings. The van der Waals surface area contributed by atoms with E-state index in [1.165, 1.54) is 18.2 Å². The zero-order chi connectivity index (χ0) is 28.7. The highest BCUT2D eigenvalue weighted by Gasteiger charge is 2.28. The molecule has 1 unspecified atom stereocenters. The van der Waals surface area contributed by atoms with E-state index < -0.39 is 28.1 Å². The summed E-state index contributed by atoms with van der Waals surface area (Å²) in [5.41, 5.74) is 4.04. The van der Waals surface area contributed by atoms with Gasteiger partial charge in [-0.15, -0.1) is 0 Å². The number of amides is 2. The van der Waals surface area contributed by atoms with Crippen LogP contribution < -0.4 is 15.4 Å². The number of nitrogens with zero attached hydrogens (tertiary/aromatic N) is 1. The van der Waals surface area contributed by atoms with Crippen LogP contribution >= 0.6 is 11.6 Å². The monoisotopic (exact) mass is 578 g/mol. The van der Waals surface area contributed by atoms with Crippen molar-refractivity contribution in [2.24, 2.45) is 0 Å². The van der Waals surface area contributed by atoms with Crippen molar-refractivity contribution in [2.45, 2.75) is 30.8 Å². The third-order valence-corrected chi connectivity index (χ3v) is 8.17. The van der Waals surface area contributed by atoms with Crippen LogP contribution in [0.3, 0.4) is 0 Å². The summed E-state index contributed by atoms with van der Waals surface area (Å²) in [6.45, 7) is 2.04. The molecular weight excluding hydrogens is 552 g/mol. The molecule has 4 aromatic rings. The van der Waals surface area contributed by atoms with Gasteiger partial charge in [0.1, 0.15) is 10.9 Å². The number of sulfonamides is 1. The third kappa shape index (κ3) is 7.03. The van der Waals surface area contributed by atoms with Crippen molar-refractivity contribution in [3.05, 3.63) is 113 Å². The van der Waals surface area contributed by atoms with Gasteiger partial charge in [0.2, 0.25) is 10.0 Å². The lowest BCUT2D eigenvalue weighted by atomic mass is 9.93. The Morgan fingerprint density at radius 1 is 0.975 bits per heavy atom. The third-order valence-electron chi connectivity index (χ3n) is 6.20. The normalized spacial score (nSPS) is 11.9. The van der Waals surface area contributed by atoms with Crippen LogP contribution in [0.2, 0.25) is 5.02 Å². The minimum absolute atomic E-state index is 0.0326. The summed E-state index contributed by atoms with van der Waals surface area (Å²) >= 11 is 6.06. The predicted molar refractivity (Wildman–Crippen MR) is 154 cm³/mol. The molecule has 206 valence electrons. The molecule has 11 heteroatoms. The van der Waals surface area contributed by atoms with Gasteiger partial charge in [-0.05, 0) is 52.9 Å². The number of aromatic nitrogens is 1. The molecule has 1 aromatic heterocycles. The summed E-state index contributed by atoms with van der Waals surface area (Å²) < 4.78 is 28.3. The van der Waals surface area contributed by atoms with E-state index in [-0.39, 0.29) is 22.9 Å². The van der Waals surface area contributed by atoms with Crippen molar-refractivity contribution in [3.63, 3.8) is 0 Å². The quantitative estimate of drug-likeness (QED) is 0.209. The number of benzene rings is 3. The topological polar surface area (TPSA) is 137 Å². The number of halogens is 1. The number of nitrogens with one attached hydrogen (secondary N) is 3. The van der Waals surface area contributed by atoms with Crippen molar-refractivity contribution in [1.82, 2.24) is 15.0 Å². The molecule has 2 amide bonds. The molecule has 0 bridgehead atoms. The molecule has 0 radical (unpaired) electrons. The molecule has 0 aliphatic rings. The Morgan fingerprint density at radius 3 is 2.38 bits per heavy atom. The van der Waals surface area contributed by atoms with Gasteiger partial charge in [0, 0.05) is 31.0 Å². The number of anilines is 1. The van der Waals surface area contributed by atoms with Gasteiger partial charge in [-0.3, -0.25) is 9.78 Å². The largest absolute Gasteiger partial charge is 0.480 e. The second kappa shape index (κ2) is 12.7. The molecular formula is C29H27ClN4O5S. The van der Waals surface area contributed by atoms with E-state index in [1.54, 1.807) is 30.6 Å². The van der Waals surface area contributed by atoms with Gasteiger partial charge in [0.25, 0.3) is 0 Å². The van der Waals surface area contributed by atoms with Gasteiger partial charge in [0.15, 0.2) is 0 Å².